The van der Waals surface area contributed by atoms with Crippen LogP contribution >= 0.6 is 0 Å². The summed E-state index contributed by atoms with van der Waals surface area (Å²) in [7, 11) is 0. The SMILES string of the molecule is CCOc1cc2c(cc1OCC)C(c1ccc(CC)cc1)N(c1ccc(C)c(F)c1)C(=O)C2. The van der Waals surface area contributed by atoms with E-state index in [0.29, 0.717) is 36.0 Å². The number of aryl methyl sites for hydroxylation is 2. The van der Waals surface area contributed by atoms with Gasteiger partial charge < -0.3 is 14.4 Å². The molecular weight excluding hydrogens is 417 g/mol. The van der Waals surface area contributed by atoms with Crippen molar-refractivity contribution >= 4 is 11.6 Å². The van der Waals surface area contributed by atoms with E-state index >= 15 is 0 Å². The molecule has 0 N–H and O–H groups in total. The van der Waals surface area contributed by atoms with Crippen molar-refractivity contribution in [3.8, 4) is 11.5 Å². The summed E-state index contributed by atoms with van der Waals surface area (Å²) in [6.07, 6.45) is 1.14. The van der Waals surface area contributed by atoms with Crippen molar-refractivity contribution in [2.75, 3.05) is 18.1 Å². The lowest BCUT2D eigenvalue weighted by Gasteiger charge is -2.38. The second kappa shape index (κ2) is 9.65. The number of anilines is 1. The lowest BCUT2D eigenvalue weighted by atomic mass is 9.86. The highest BCUT2D eigenvalue weighted by Crippen LogP contribution is 2.43. The number of halogens is 1. The zero-order valence-corrected chi connectivity index (χ0v) is 19.7. The molecule has 1 aliphatic heterocycles. The average Bonchev–Trinajstić information content (AvgIpc) is 2.81. The van der Waals surface area contributed by atoms with Crippen LogP contribution in [0.3, 0.4) is 0 Å². The normalized spacial score (nSPS) is 15.4. The topological polar surface area (TPSA) is 38.8 Å². The number of carbonyl (C=O) groups is 1. The van der Waals surface area contributed by atoms with Gasteiger partial charge >= 0.3 is 0 Å². The number of hydrogen-bond acceptors (Lipinski definition) is 3. The Kier molecular flexibility index (Phi) is 6.68. The zero-order valence-electron chi connectivity index (χ0n) is 19.7. The van der Waals surface area contributed by atoms with Crippen molar-refractivity contribution in [1.29, 1.82) is 0 Å². The predicted molar refractivity (Wildman–Crippen MR) is 129 cm³/mol. The van der Waals surface area contributed by atoms with Crippen LogP contribution < -0.4 is 14.4 Å². The van der Waals surface area contributed by atoms with Gasteiger partial charge in [0, 0.05) is 5.69 Å². The van der Waals surface area contributed by atoms with Crippen LogP contribution in [0.4, 0.5) is 10.1 Å². The van der Waals surface area contributed by atoms with Gasteiger partial charge in [0.2, 0.25) is 5.91 Å². The van der Waals surface area contributed by atoms with Crippen LogP contribution in [0.2, 0.25) is 0 Å². The molecule has 0 saturated heterocycles. The summed E-state index contributed by atoms with van der Waals surface area (Å²) in [5.41, 5.74) is 5.15. The monoisotopic (exact) mass is 447 g/mol. The molecule has 1 unspecified atom stereocenters. The van der Waals surface area contributed by atoms with Crippen LogP contribution in [-0.2, 0) is 17.6 Å². The largest absolute Gasteiger partial charge is 0.490 e. The maximum Gasteiger partial charge on any atom is 0.232 e. The summed E-state index contributed by atoms with van der Waals surface area (Å²) < 4.78 is 26.2. The van der Waals surface area contributed by atoms with E-state index in [9.17, 15) is 9.18 Å². The van der Waals surface area contributed by atoms with Crippen molar-refractivity contribution in [2.45, 2.75) is 46.6 Å². The molecule has 1 amide bonds. The summed E-state index contributed by atoms with van der Waals surface area (Å²) in [5, 5.41) is 0. The summed E-state index contributed by atoms with van der Waals surface area (Å²) in [5.74, 6) is 0.883. The number of hydrogen-bond donors (Lipinski definition) is 0. The molecule has 1 heterocycles. The van der Waals surface area contributed by atoms with Crippen molar-refractivity contribution in [3.05, 3.63) is 88.2 Å². The molecule has 0 bridgehead atoms. The summed E-state index contributed by atoms with van der Waals surface area (Å²) in [6.45, 7) is 8.69. The molecule has 0 radical (unpaired) electrons. The molecule has 3 aromatic carbocycles. The lowest BCUT2D eigenvalue weighted by molar-refractivity contribution is -0.118. The second-order valence-electron chi connectivity index (χ2n) is 8.24. The Bertz CT molecular complexity index is 1160. The van der Waals surface area contributed by atoms with E-state index in [2.05, 4.69) is 31.2 Å². The first kappa shape index (κ1) is 22.8. The molecule has 0 saturated carbocycles. The van der Waals surface area contributed by atoms with E-state index in [1.54, 1.807) is 17.9 Å². The first-order valence-electron chi connectivity index (χ1n) is 11.6. The van der Waals surface area contributed by atoms with Gasteiger partial charge in [0.15, 0.2) is 11.5 Å². The lowest BCUT2D eigenvalue weighted by Crippen LogP contribution is -2.41. The Morgan fingerprint density at radius 1 is 0.939 bits per heavy atom. The first-order valence-corrected chi connectivity index (χ1v) is 11.6. The molecule has 0 aromatic heterocycles. The molecule has 172 valence electrons. The minimum atomic E-state index is -0.399. The van der Waals surface area contributed by atoms with Gasteiger partial charge in [0.25, 0.3) is 0 Å². The number of rotatable bonds is 7. The Labute approximate surface area is 195 Å². The highest BCUT2D eigenvalue weighted by molar-refractivity contribution is 5.98. The van der Waals surface area contributed by atoms with E-state index < -0.39 is 6.04 Å². The van der Waals surface area contributed by atoms with Gasteiger partial charge in [-0.05, 0) is 79.3 Å². The van der Waals surface area contributed by atoms with Gasteiger partial charge in [-0.3, -0.25) is 4.79 Å². The number of nitrogens with zero attached hydrogens (tertiary/aromatic N) is 1. The third kappa shape index (κ3) is 4.45. The van der Waals surface area contributed by atoms with Gasteiger partial charge in [-0.1, -0.05) is 37.3 Å². The standard InChI is InChI=1S/C28H30FNO3/c1-5-19-9-11-20(12-10-19)28-23-17-26(33-7-3)25(32-6-2)14-21(23)15-27(31)30(28)22-13-8-18(4)24(29)16-22/h8-14,16-17,28H,5-7,15H2,1-4H3. The Balaban J connectivity index is 1.92. The quantitative estimate of drug-likeness (QED) is 0.435. The minimum Gasteiger partial charge on any atom is -0.490 e. The number of benzene rings is 3. The van der Waals surface area contributed by atoms with Crippen LogP contribution in [-0.4, -0.2) is 19.1 Å². The average molecular weight is 448 g/mol. The van der Waals surface area contributed by atoms with Crippen LogP contribution in [0.25, 0.3) is 0 Å². The Morgan fingerprint density at radius 3 is 2.21 bits per heavy atom. The van der Waals surface area contributed by atoms with Crippen molar-refractivity contribution < 1.29 is 18.7 Å². The van der Waals surface area contributed by atoms with Crippen LogP contribution in [0.1, 0.15) is 54.6 Å². The van der Waals surface area contributed by atoms with Gasteiger partial charge in [-0.15, -0.1) is 0 Å². The highest BCUT2D eigenvalue weighted by Gasteiger charge is 2.36. The molecule has 1 aliphatic rings. The fourth-order valence-electron chi connectivity index (χ4n) is 4.38. The number of amides is 1. The molecule has 5 heteroatoms. The molecule has 33 heavy (non-hydrogen) atoms. The van der Waals surface area contributed by atoms with E-state index in [1.165, 1.54) is 11.6 Å². The molecule has 0 aliphatic carbocycles. The Hall–Kier alpha value is -3.34. The van der Waals surface area contributed by atoms with E-state index in [0.717, 1.165) is 23.1 Å². The van der Waals surface area contributed by atoms with Gasteiger partial charge in [-0.2, -0.15) is 0 Å². The van der Waals surface area contributed by atoms with Crippen LogP contribution in [0, 0.1) is 12.7 Å². The van der Waals surface area contributed by atoms with Crippen LogP contribution in [0.5, 0.6) is 11.5 Å². The Morgan fingerprint density at radius 2 is 1.61 bits per heavy atom. The molecular formula is C28H30FNO3. The van der Waals surface area contributed by atoms with E-state index in [4.69, 9.17) is 9.47 Å². The van der Waals surface area contributed by atoms with Gasteiger partial charge in [0.1, 0.15) is 5.82 Å². The van der Waals surface area contributed by atoms with Crippen molar-refractivity contribution in [2.24, 2.45) is 0 Å². The third-order valence-electron chi connectivity index (χ3n) is 6.11. The molecule has 3 aromatic rings. The molecule has 4 rings (SSSR count). The molecule has 0 fully saturated rings. The zero-order chi connectivity index (χ0) is 23.5. The molecule has 4 nitrogen and oxygen atoms in total. The maximum atomic E-state index is 14.5. The maximum absolute atomic E-state index is 14.5. The van der Waals surface area contributed by atoms with E-state index in [-0.39, 0.29) is 18.1 Å². The number of ether oxygens (including phenoxy) is 2. The molecule has 1 atom stereocenters. The van der Waals surface area contributed by atoms with Crippen molar-refractivity contribution in [1.82, 2.24) is 0 Å². The van der Waals surface area contributed by atoms with Gasteiger partial charge in [0.05, 0.1) is 25.7 Å². The number of carbonyl (C=O) groups excluding carboxylic acids is 1. The fraction of sp³-hybridized carbons (Fsp3) is 0.321. The summed E-state index contributed by atoms with van der Waals surface area (Å²) >= 11 is 0. The van der Waals surface area contributed by atoms with E-state index in [1.807, 2.05) is 32.0 Å². The fourth-order valence-corrected chi connectivity index (χ4v) is 4.38. The second-order valence-corrected chi connectivity index (χ2v) is 8.24. The third-order valence-corrected chi connectivity index (χ3v) is 6.11. The predicted octanol–water partition coefficient (Wildman–Crippen LogP) is 6.17. The molecule has 0 spiro atoms. The minimum absolute atomic E-state index is 0.0815. The summed E-state index contributed by atoms with van der Waals surface area (Å²) in [4.78, 5) is 15.2. The number of fused-ring (bicyclic) bond motifs is 1. The van der Waals surface area contributed by atoms with Crippen molar-refractivity contribution in [3.63, 3.8) is 0 Å². The summed E-state index contributed by atoms with van der Waals surface area (Å²) in [6, 6.07) is 16.8. The van der Waals surface area contributed by atoms with Gasteiger partial charge in [-0.25, -0.2) is 4.39 Å². The first-order chi connectivity index (χ1) is 16.0. The smallest absolute Gasteiger partial charge is 0.232 e. The highest BCUT2D eigenvalue weighted by atomic mass is 19.1. The van der Waals surface area contributed by atoms with Crippen LogP contribution in [0.15, 0.2) is 54.6 Å².